The minimum Gasteiger partial charge on any atom is -0.478 e. The van der Waals surface area contributed by atoms with Crippen molar-refractivity contribution in [3.8, 4) is 0 Å². The van der Waals surface area contributed by atoms with Gasteiger partial charge in [-0.3, -0.25) is 4.98 Å². The number of nitrogens with zero attached hydrogens (tertiary/aromatic N) is 1. The molecule has 0 aliphatic rings. The molecule has 0 aliphatic carbocycles. The van der Waals surface area contributed by atoms with Gasteiger partial charge in [-0.1, -0.05) is 32.6 Å². The second-order valence-corrected chi connectivity index (χ2v) is 5.47. The van der Waals surface area contributed by atoms with Crippen LogP contribution in [0.15, 0.2) is 6.07 Å². The van der Waals surface area contributed by atoms with E-state index < -0.39 is 5.97 Å². The van der Waals surface area contributed by atoms with Crippen LogP contribution in [0.5, 0.6) is 0 Å². The van der Waals surface area contributed by atoms with E-state index in [4.69, 9.17) is 0 Å². The largest absolute Gasteiger partial charge is 0.478 e. The molecule has 0 aliphatic heterocycles. The summed E-state index contributed by atoms with van der Waals surface area (Å²) in [5.41, 5.74) is 2.38. The van der Waals surface area contributed by atoms with Crippen molar-refractivity contribution in [3.63, 3.8) is 0 Å². The first-order valence-electron chi connectivity index (χ1n) is 7.43. The van der Waals surface area contributed by atoms with Gasteiger partial charge in [0, 0.05) is 11.7 Å². The molecule has 2 N–H and O–H groups in total. The van der Waals surface area contributed by atoms with Gasteiger partial charge in [0.1, 0.15) is 5.56 Å². The molecule has 1 aromatic heterocycles. The third-order valence-corrected chi connectivity index (χ3v) is 3.43. The number of aryl methyl sites for hydroxylation is 2. The lowest BCUT2D eigenvalue weighted by Gasteiger charge is -2.18. The number of aromatic nitrogens is 1. The number of hydrogen-bond acceptors (Lipinski definition) is 3. The molecule has 1 heterocycles. The molecule has 4 heteroatoms. The van der Waals surface area contributed by atoms with E-state index in [1.54, 1.807) is 6.92 Å². The van der Waals surface area contributed by atoms with E-state index in [1.165, 1.54) is 25.7 Å². The Morgan fingerprint density at radius 3 is 2.65 bits per heavy atom. The number of carboxylic acid groups (broad SMARTS) is 1. The Balaban J connectivity index is 2.73. The summed E-state index contributed by atoms with van der Waals surface area (Å²) in [5.74, 6) is -0.921. The van der Waals surface area contributed by atoms with Crippen molar-refractivity contribution >= 4 is 11.7 Å². The van der Waals surface area contributed by atoms with Crippen molar-refractivity contribution < 1.29 is 9.90 Å². The molecule has 0 aromatic carbocycles. The standard InChI is InChI=1S/C16H26N2O2/c1-5-6-7-8-9-11(2)18-14-10-12(3)17-13(4)15(14)16(19)20/h10-11H,5-9H2,1-4H3,(H,17,18)(H,19,20). The third-order valence-electron chi connectivity index (χ3n) is 3.43. The average Bonchev–Trinajstić information content (AvgIpc) is 2.33. The molecule has 4 nitrogen and oxygen atoms in total. The van der Waals surface area contributed by atoms with Crippen molar-refractivity contribution in [1.82, 2.24) is 4.98 Å². The minimum atomic E-state index is -0.921. The smallest absolute Gasteiger partial charge is 0.339 e. The minimum absolute atomic E-state index is 0.270. The lowest BCUT2D eigenvalue weighted by Crippen LogP contribution is -2.18. The molecule has 1 rings (SSSR count). The van der Waals surface area contributed by atoms with Gasteiger partial charge < -0.3 is 10.4 Å². The topological polar surface area (TPSA) is 62.2 Å². The average molecular weight is 278 g/mol. The third kappa shape index (κ3) is 4.83. The maximum Gasteiger partial charge on any atom is 0.339 e. The van der Waals surface area contributed by atoms with Crippen molar-refractivity contribution in [3.05, 3.63) is 23.0 Å². The number of pyridine rings is 1. The first kappa shape index (κ1) is 16.5. The van der Waals surface area contributed by atoms with Crippen LogP contribution in [0.25, 0.3) is 0 Å². The van der Waals surface area contributed by atoms with Crippen LogP contribution in [0.2, 0.25) is 0 Å². The summed E-state index contributed by atoms with van der Waals surface area (Å²) in [6.07, 6.45) is 5.96. The number of aromatic carboxylic acids is 1. The summed E-state index contributed by atoms with van der Waals surface area (Å²) in [6.45, 7) is 7.93. The molecular formula is C16H26N2O2. The molecule has 20 heavy (non-hydrogen) atoms. The Kier molecular flexibility index (Phi) is 6.49. The zero-order valence-electron chi connectivity index (χ0n) is 13.0. The van der Waals surface area contributed by atoms with Gasteiger partial charge in [-0.05, 0) is 33.3 Å². The number of unbranched alkanes of at least 4 members (excludes halogenated alkanes) is 3. The molecule has 0 radical (unpaired) electrons. The molecule has 0 spiro atoms. The van der Waals surface area contributed by atoms with E-state index in [9.17, 15) is 9.90 Å². The van der Waals surface area contributed by atoms with Crippen LogP contribution >= 0.6 is 0 Å². The van der Waals surface area contributed by atoms with Gasteiger partial charge in [0.05, 0.1) is 11.4 Å². The molecule has 1 unspecified atom stereocenters. The van der Waals surface area contributed by atoms with Gasteiger partial charge >= 0.3 is 5.97 Å². The number of anilines is 1. The van der Waals surface area contributed by atoms with Crippen molar-refractivity contribution in [2.45, 2.75) is 65.8 Å². The summed E-state index contributed by atoms with van der Waals surface area (Å²) in [5, 5.41) is 12.6. The number of rotatable bonds is 8. The predicted octanol–water partition coefficient (Wildman–Crippen LogP) is 4.17. The van der Waals surface area contributed by atoms with Crippen LogP contribution in [0.3, 0.4) is 0 Å². The van der Waals surface area contributed by atoms with E-state index in [0.29, 0.717) is 11.4 Å². The molecule has 0 bridgehead atoms. The SMILES string of the molecule is CCCCCCC(C)Nc1cc(C)nc(C)c1C(=O)O. The van der Waals surface area contributed by atoms with Crippen LogP contribution in [-0.2, 0) is 0 Å². The van der Waals surface area contributed by atoms with Crippen molar-refractivity contribution in [1.29, 1.82) is 0 Å². The Morgan fingerprint density at radius 1 is 1.35 bits per heavy atom. The number of hydrogen-bond donors (Lipinski definition) is 2. The van der Waals surface area contributed by atoms with Gasteiger partial charge in [0.25, 0.3) is 0 Å². The van der Waals surface area contributed by atoms with E-state index >= 15 is 0 Å². The van der Waals surface area contributed by atoms with Crippen LogP contribution in [0.4, 0.5) is 5.69 Å². The predicted molar refractivity (Wildman–Crippen MR) is 82.5 cm³/mol. The molecule has 0 saturated heterocycles. The van der Waals surface area contributed by atoms with Gasteiger partial charge in [0.15, 0.2) is 0 Å². The van der Waals surface area contributed by atoms with Gasteiger partial charge in [-0.25, -0.2) is 4.79 Å². The normalized spacial score (nSPS) is 12.2. The quantitative estimate of drug-likeness (QED) is 0.701. The molecule has 0 fully saturated rings. The molecule has 112 valence electrons. The second kappa shape index (κ2) is 7.88. The first-order chi connectivity index (χ1) is 9.45. The molecular weight excluding hydrogens is 252 g/mol. The summed E-state index contributed by atoms with van der Waals surface area (Å²) in [7, 11) is 0. The van der Waals surface area contributed by atoms with E-state index in [0.717, 1.165) is 12.1 Å². The zero-order chi connectivity index (χ0) is 15.1. The number of nitrogens with one attached hydrogen (secondary N) is 1. The summed E-state index contributed by atoms with van der Waals surface area (Å²) in [4.78, 5) is 15.6. The maximum absolute atomic E-state index is 11.4. The van der Waals surface area contributed by atoms with E-state index in [-0.39, 0.29) is 11.6 Å². The lowest BCUT2D eigenvalue weighted by molar-refractivity contribution is 0.0696. The van der Waals surface area contributed by atoms with Gasteiger partial charge in [0.2, 0.25) is 0 Å². The number of carbonyl (C=O) groups is 1. The Morgan fingerprint density at radius 2 is 2.05 bits per heavy atom. The summed E-state index contributed by atoms with van der Waals surface area (Å²) < 4.78 is 0. The molecule has 0 amide bonds. The Hall–Kier alpha value is -1.58. The highest BCUT2D eigenvalue weighted by Gasteiger charge is 2.16. The highest BCUT2D eigenvalue weighted by Crippen LogP contribution is 2.21. The summed E-state index contributed by atoms with van der Waals surface area (Å²) >= 11 is 0. The zero-order valence-corrected chi connectivity index (χ0v) is 13.0. The van der Waals surface area contributed by atoms with Gasteiger partial charge in [-0.15, -0.1) is 0 Å². The summed E-state index contributed by atoms with van der Waals surface area (Å²) in [6, 6.07) is 2.09. The van der Waals surface area contributed by atoms with E-state index in [1.807, 2.05) is 13.0 Å². The highest BCUT2D eigenvalue weighted by atomic mass is 16.4. The van der Waals surface area contributed by atoms with Crippen molar-refractivity contribution in [2.24, 2.45) is 0 Å². The van der Waals surface area contributed by atoms with Crippen LogP contribution in [-0.4, -0.2) is 22.1 Å². The fraction of sp³-hybridized carbons (Fsp3) is 0.625. The molecule has 1 atom stereocenters. The monoisotopic (exact) mass is 278 g/mol. The first-order valence-corrected chi connectivity index (χ1v) is 7.43. The van der Waals surface area contributed by atoms with Crippen LogP contribution < -0.4 is 5.32 Å². The molecule has 1 aromatic rings. The lowest BCUT2D eigenvalue weighted by atomic mass is 10.1. The van der Waals surface area contributed by atoms with E-state index in [2.05, 4.69) is 24.1 Å². The van der Waals surface area contributed by atoms with Crippen LogP contribution in [0.1, 0.15) is 67.7 Å². The second-order valence-electron chi connectivity index (χ2n) is 5.47. The highest BCUT2D eigenvalue weighted by molar-refractivity contribution is 5.95. The van der Waals surface area contributed by atoms with Crippen LogP contribution in [0, 0.1) is 13.8 Å². The number of carboxylic acids is 1. The van der Waals surface area contributed by atoms with Gasteiger partial charge in [-0.2, -0.15) is 0 Å². The Labute approximate surface area is 121 Å². The molecule has 0 saturated carbocycles. The Bertz CT molecular complexity index is 458. The van der Waals surface area contributed by atoms with Crippen molar-refractivity contribution in [2.75, 3.05) is 5.32 Å². The fourth-order valence-corrected chi connectivity index (χ4v) is 2.43. The fourth-order valence-electron chi connectivity index (χ4n) is 2.43. The maximum atomic E-state index is 11.4.